The molecule has 0 unspecified atom stereocenters. The third-order valence-corrected chi connectivity index (χ3v) is 4.11. The highest BCUT2D eigenvalue weighted by molar-refractivity contribution is 5.96. The van der Waals surface area contributed by atoms with Gasteiger partial charge in [-0.05, 0) is 62.0 Å². The van der Waals surface area contributed by atoms with Crippen LogP contribution in [0.3, 0.4) is 0 Å². The molecule has 0 bridgehead atoms. The van der Waals surface area contributed by atoms with Gasteiger partial charge in [0.2, 0.25) is 0 Å². The number of hydrogen-bond acceptors (Lipinski definition) is 3. The fraction of sp³-hybridized carbons (Fsp3) is 0.650. The van der Waals surface area contributed by atoms with E-state index in [-0.39, 0.29) is 5.78 Å². The molecule has 0 heterocycles. The molecule has 1 rings (SSSR count). The summed E-state index contributed by atoms with van der Waals surface area (Å²) < 4.78 is 5.14. The molecule has 0 aliphatic heterocycles. The molecule has 0 aliphatic carbocycles. The van der Waals surface area contributed by atoms with Crippen LogP contribution in [-0.4, -0.2) is 37.4 Å². The van der Waals surface area contributed by atoms with Crippen molar-refractivity contribution in [2.45, 2.75) is 47.0 Å². The molecule has 0 spiro atoms. The molecule has 0 atom stereocenters. The number of Topliss-reactive ketones (excluding diaryl/α,β-unsaturated/α-hetero) is 1. The molecule has 0 radical (unpaired) electrons. The van der Waals surface area contributed by atoms with Gasteiger partial charge in [-0.25, -0.2) is 0 Å². The highest BCUT2D eigenvalue weighted by Crippen LogP contribution is 2.14. The number of ether oxygens (including phenoxy) is 1. The first kappa shape index (κ1) is 19.7. The third kappa shape index (κ3) is 8.17. The van der Waals surface area contributed by atoms with E-state index in [0.29, 0.717) is 18.3 Å². The number of rotatable bonds is 11. The van der Waals surface area contributed by atoms with E-state index in [1.165, 1.54) is 12.8 Å². The van der Waals surface area contributed by atoms with Crippen LogP contribution in [0, 0.1) is 11.8 Å². The summed E-state index contributed by atoms with van der Waals surface area (Å²) in [6, 6.07) is 7.41. The van der Waals surface area contributed by atoms with E-state index in [2.05, 4.69) is 32.6 Å². The molecule has 0 saturated heterocycles. The second kappa shape index (κ2) is 10.4. The maximum atomic E-state index is 12.4. The number of nitrogens with zero attached hydrogens (tertiary/aromatic N) is 1. The second-order valence-corrected chi connectivity index (χ2v) is 7.11. The van der Waals surface area contributed by atoms with Gasteiger partial charge in [-0.15, -0.1) is 0 Å². The van der Waals surface area contributed by atoms with Gasteiger partial charge in [0.1, 0.15) is 5.75 Å². The molecule has 0 N–H and O–H groups in total. The highest BCUT2D eigenvalue weighted by atomic mass is 16.5. The Labute approximate surface area is 142 Å². The molecule has 0 amide bonds. The van der Waals surface area contributed by atoms with Crippen LogP contribution in [0.5, 0.6) is 5.75 Å². The number of methoxy groups -OCH3 is 1. The molecule has 1 aromatic rings. The number of carbonyl (C=O) groups is 1. The summed E-state index contributed by atoms with van der Waals surface area (Å²) in [6.45, 7) is 12.0. The van der Waals surface area contributed by atoms with Gasteiger partial charge < -0.3 is 9.64 Å². The van der Waals surface area contributed by atoms with Gasteiger partial charge >= 0.3 is 0 Å². The Morgan fingerprint density at radius 3 is 1.91 bits per heavy atom. The molecule has 1 aromatic carbocycles. The minimum Gasteiger partial charge on any atom is -0.497 e. The summed E-state index contributed by atoms with van der Waals surface area (Å²) >= 11 is 0. The molecule has 3 nitrogen and oxygen atoms in total. The van der Waals surface area contributed by atoms with Crippen LogP contribution >= 0.6 is 0 Å². The average Bonchev–Trinajstić information content (AvgIpc) is 2.53. The lowest BCUT2D eigenvalue weighted by molar-refractivity contribution is 0.0961. The smallest absolute Gasteiger partial charge is 0.164 e. The standard InChI is InChI=1S/C20H33NO2/c1-16(2)10-13-21(14-11-17(3)4)15-12-20(22)18-6-8-19(23-5)9-7-18/h6-9,16-17H,10-15H2,1-5H3. The minimum atomic E-state index is 0.215. The highest BCUT2D eigenvalue weighted by Gasteiger charge is 2.11. The average molecular weight is 319 g/mol. The van der Waals surface area contributed by atoms with Crippen molar-refractivity contribution >= 4 is 5.78 Å². The van der Waals surface area contributed by atoms with Crippen molar-refractivity contribution in [3.8, 4) is 5.75 Å². The molecule has 0 saturated carbocycles. The molecule has 23 heavy (non-hydrogen) atoms. The lowest BCUT2D eigenvalue weighted by Crippen LogP contribution is -2.30. The Morgan fingerprint density at radius 1 is 0.957 bits per heavy atom. The van der Waals surface area contributed by atoms with Gasteiger partial charge in [0.15, 0.2) is 5.78 Å². The molecular formula is C20H33NO2. The molecule has 0 aromatic heterocycles. The Balaban J connectivity index is 2.51. The van der Waals surface area contributed by atoms with E-state index in [1.807, 2.05) is 24.3 Å². The van der Waals surface area contributed by atoms with Crippen LogP contribution in [-0.2, 0) is 0 Å². The first-order valence-electron chi connectivity index (χ1n) is 8.82. The predicted molar refractivity (Wildman–Crippen MR) is 97.3 cm³/mol. The van der Waals surface area contributed by atoms with Gasteiger partial charge in [-0.1, -0.05) is 27.7 Å². The van der Waals surface area contributed by atoms with Crippen LogP contribution in [0.4, 0.5) is 0 Å². The fourth-order valence-electron chi connectivity index (χ4n) is 2.40. The summed E-state index contributed by atoms with van der Waals surface area (Å²) in [6.07, 6.45) is 2.96. The van der Waals surface area contributed by atoms with Crippen LogP contribution in [0.15, 0.2) is 24.3 Å². The summed E-state index contributed by atoms with van der Waals surface area (Å²) in [7, 11) is 1.64. The normalized spacial score (nSPS) is 11.5. The van der Waals surface area contributed by atoms with Gasteiger partial charge in [-0.3, -0.25) is 4.79 Å². The summed E-state index contributed by atoms with van der Waals surface area (Å²) in [4.78, 5) is 14.8. The van der Waals surface area contributed by atoms with E-state index in [9.17, 15) is 4.79 Å². The monoisotopic (exact) mass is 319 g/mol. The van der Waals surface area contributed by atoms with Crippen LogP contribution in [0.2, 0.25) is 0 Å². The van der Waals surface area contributed by atoms with Gasteiger partial charge in [0, 0.05) is 18.5 Å². The van der Waals surface area contributed by atoms with Gasteiger partial charge in [-0.2, -0.15) is 0 Å². The lowest BCUT2D eigenvalue weighted by Gasteiger charge is -2.23. The maximum absolute atomic E-state index is 12.4. The van der Waals surface area contributed by atoms with Gasteiger partial charge in [0.25, 0.3) is 0 Å². The van der Waals surface area contributed by atoms with Crippen LogP contribution in [0.1, 0.15) is 57.3 Å². The Bertz CT molecular complexity index is 439. The number of hydrogen-bond donors (Lipinski definition) is 0. The Morgan fingerprint density at radius 2 is 1.48 bits per heavy atom. The quantitative estimate of drug-likeness (QED) is 0.555. The van der Waals surface area contributed by atoms with E-state index >= 15 is 0 Å². The first-order chi connectivity index (χ1) is 10.9. The Hall–Kier alpha value is -1.35. The van der Waals surface area contributed by atoms with Crippen molar-refractivity contribution in [3.05, 3.63) is 29.8 Å². The minimum absolute atomic E-state index is 0.215. The Kier molecular flexibility index (Phi) is 8.93. The third-order valence-electron chi connectivity index (χ3n) is 4.11. The number of ketones is 1. The summed E-state index contributed by atoms with van der Waals surface area (Å²) in [5.74, 6) is 2.41. The molecular weight excluding hydrogens is 286 g/mol. The number of benzene rings is 1. The van der Waals surface area contributed by atoms with Crippen molar-refractivity contribution < 1.29 is 9.53 Å². The van der Waals surface area contributed by atoms with Crippen LogP contribution in [0.25, 0.3) is 0 Å². The van der Waals surface area contributed by atoms with E-state index in [0.717, 1.165) is 30.9 Å². The van der Waals surface area contributed by atoms with Crippen molar-refractivity contribution in [2.24, 2.45) is 11.8 Å². The van der Waals surface area contributed by atoms with Crippen molar-refractivity contribution in [3.63, 3.8) is 0 Å². The van der Waals surface area contributed by atoms with Crippen molar-refractivity contribution in [2.75, 3.05) is 26.7 Å². The van der Waals surface area contributed by atoms with E-state index in [1.54, 1.807) is 7.11 Å². The van der Waals surface area contributed by atoms with Crippen molar-refractivity contribution in [1.82, 2.24) is 4.90 Å². The molecule has 0 fully saturated rings. The molecule has 130 valence electrons. The number of carbonyl (C=O) groups excluding carboxylic acids is 1. The second-order valence-electron chi connectivity index (χ2n) is 7.11. The van der Waals surface area contributed by atoms with Crippen LogP contribution < -0.4 is 4.74 Å². The topological polar surface area (TPSA) is 29.5 Å². The first-order valence-corrected chi connectivity index (χ1v) is 8.82. The SMILES string of the molecule is COc1ccc(C(=O)CCN(CCC(C)C)CCC(C)C)cc1. The predicted octanol–water partition coefficient (Wildman–Crippen LogP) is 4.66. The van der Waals surface area contributed by atoms with E-state index in [4.69, 9.17) is 4.74 Å². The van der Waals surface area contributed by atoms with E-state index < -0.39 is 0 Å². The zero-order valence-electron chi connectivity index (χ0n) is 15.5. The lowest BCUT2D eigenvalue weighted by atomic mass is 10.1. The maximum Gasteiger partial charge on any atom is 0.164 e. The largest absolute Gasteiger partial charge is 0.497 e. The molecule has 3 heteroatoms. The summed E-state index contributed by atoms with van der Waals surface area (Å²) in [5, 5.41) is 0. The van der Waals surface area contributed by atoms with Crippen molar-refractivity contribution in [1.29, 1.82) is 0 Å². The van der Waals surface area contributed by atoms with Gasteiger partial charge in [0.05, 0.1) is 7.11 Å². The zero-order chi connectivity index (χ0) is 17.2. The fourth-order valence-corrected chi connectivity index (χ4v) is 2.40. The molecule has 0 aliphatic rings. The zero-order valence-corrected chi connectivity index (χ0v) is 15.5. The summed E-state index contributed by atoms with van der Waals surface area (Å²) in [5.41, 5.74) is 0.776.